The van der Waals surface area contributed by atoms with E-state index < -0.39 is 11.9 Å². The molecule has 3 unspecified atom stereocenters. The molecule has 2 fully saturated rings. The van der Waals surface area contributed by atoms with E-state index in [0.29, 0.717) is 24.5 Å². The highest BCUT2D eigenvalue weighted by atomic mass is 19.1. The van der Waals surface area contributed by atoms with Gasteiger partial charge in [0, 0.05) is 43.0 Å². The molecule has 3 atom stereocenters. The molecule has 2 bridgehead atoms. The van der Waals surface area contributed by atoms with E-state index in [0.717, 1.165) is 41.7 Å². The number of fused-ring (bicyclic) bond motifs is 3. The van der Waals surface area contributed by atoms with E-state index in [2.05, 4.69) is 37.5 Å². The molecule has 2 aliphatic heterocycles. The first-order chi connectivity index (χ1) is 18.8. The van der Waals surface area contributed by atoms with Gasteiger partial charge in [0.1, 0.15) is 0 Å². The van der Waals surface area contributed by atoms with Crippen molar-refractivity contribution in [2.45, 2.75) is 44.2 Å². The van der Waals surface area contributed by atoms with Crippen molar-refractivity contribution in [2.24, 2.45) is 7.05 Å². The fourth-order valence-electron chi connectivity index (χ4n) is 5.74. The fraction of sp³-hybridized carbons (Fsp3) is 0.393. The number of nitrogens with zero attached hydrogens (tertiary/aromatic N) is 5. The van der Waals surface area contributed by atoms with Gasteiger partial charge in [-0.15, -0.1) is 0 Å². The first-order valence-electron chi connectivity index (χ1n) is 13.1. The third-order valence-electron chi connectivity index (χ3n) is 7.70. The number of anilines is 2. The van der Waals surface area contributed by atoms with Crippen LogP contribution in [-0.2, 0) is 16.6 Å². The molecule has 0 saturated carbocycles. The number of carbonyl (C=O) groups is 2. The van der Waals surface area contributed by atoms with E-state index in [1.54, 1.807) is 10.7 Å². The van der Waals surface area contributed by atoms with Gasteiger partial charge in [-0.25, -0.2) is 4.98 Å². The quantitative estimate of drug-likeness (QED) is 0.469. The molecule has 2 N–H and O–H groups in total. The summed E-state index contributed by atoms with van der Waals surface area (Å²) in [6.07, 6.45) is 11.4. The molecule has 0 spiro atoms. The Kier molecular flexibility index (Phi) is 6.69. The van der Waals surface area contributed by atoms with Crippen LogP contribution in [0.3, 0.4) is 0 Å². The predicted molar refractivity (Wildman–Crippen MR) is 143 cm³/mol. The van der Waals surface area contributed by atoms with Crippen LogP contribution < -0.4 is 10.6 Å². The second kappa shape index (κ2) is 10.3. The molecule has 6 rings (SSSR count). The highest BCUT2D eigenvalue weighted by molar-refractivity contribution is 6.05. The van der Waals surface area contributed by atoms with Gasteiger partial charge in [-0.05, 0) is 48.6 Å². The average Bonchev–Trinajstić information content (AvgIpc) is 3.43. The summed E-state index contributed by atoms with van der Waals surface area (Å²) in [5.74, 6) is -1.41. The van der Waals surface area contributed by atoms with Crippen LogP contribution in [-0.4, -0.2) is 68.3 Å². The number of allylic oxidation sites excluding steroid dienone is 1. The molecule has 2 amide bonds. The highest BCUT2D eigenvalue weighted by Gasteiger charge is 2.38. The molecule has 5 heterocycles. The number of morpholine rings is 1. The number of carbonyl (C=O) groups excluding carboxylic acids is 2. The van der Waals surface area contributed by atoms with Crippen molar-refractivity contribution in [1.82, 2.24) is 24.6 Å². The zero-order valence-corrected chi connectivity index (χ0v) is 21.9. The van der Waals surface area contributed by atoms with E-state index in [-0.39, 0.29) is 36.1 Å². The van der Waals surface area contributed by atoms with Crippen LogP contribution in [0.1, 0.15) is 59.3 Å². The third-order valence-corrected chi connectivity index (χ3v) is 7.70. The van der Waals surface area contributed by atoms with Crippen molar-refractivity contribution in [2.75, 3.05) is 30.4 Å². The lowest BCUT2D eigenvalue weighted by atomic mass is 9.85. The van der Waals surface area contributed by atoms with E-state index in [1.807, 2.05) is 25.5 Å². The molecule has 0 radical (unpaired) electrons. The van der Waals surface area contributed by atoms with Crippen LogP contribution >= 0.6 is 0 Å². The maximum atomic E-state index is 14.5. The molecule has 0 aromatic carbocycles. The number of aryl methyl sites for hydroxylation is 1. The van der Waals surface area contributed by atoms with Gasteiger partial charge in [-0.2, -0.15) is 9.49 Å². The second-order valence-electron chi connectivity index (χ2n) is 10.5. The fourth-order valence-corrected chi connectivity index (χ4v) is 5.74. The minimum atomic E-state index is -0.842. The zero-order chi connectivity index (χ0) is 27.1. The van der Waals surface area contributed by atoms with Crippen molar-refractivity contribution in [3.63, 3.8) is 0 Å². The Morgan fingerprint density at radius 1 is 1.10 bits per heavy atom. The monoisotopic (exact) mass is 531 g/mol. The van der Waals surface area contributed by atoms with Gasteiger partial charge >= 0.3 is 0 Å². The summed E-state index contributed by atoms with van der Waals surface area (Å²) in [6.45, 7) is 3.59. The number of nitrogens with one attached hydrogen (secondary N) is 2. The van der Waals surface area contributed by atoms with E-state index in [4.69, 9.17) is 4.74 Å². The van der Waals surface area contributed by atoms with Crippen LogP contribution in [0.4, 0.5) is 15.8 Å². The van der Waals surface area contributed by atoms with Crippen molar-refractivity contribution in [3.8, 4) is 0 Å². The Balaban J connectivity index is 1.16. The number of halogens is 1. The van der Waals surface area contributed by atoms with Gasteiger partial charge in [0.05, 0.1) is 54.8 Å². The number of hydrogen-bond donors (Lipinski definition) is 2. The summed E-state index contributed by atoms with van der Waals surface area (Å²) < 4.78 is 21.9. The molecule has 39 heavy (non-hydrogen) atoms. The highest BCUT2D eigenvalue weighted by Crippen LogP contribution is 2.37. The molecular formula is C28H30FN7O3. The normalized spacial score (nSPS) is 22.2. The van der Waals surface area contributed by atoms with E-state index >= 15 is 0 Å². The largest absolute Gasteiger partial charge is 0.378 e. The lowest BCUT2D eigenvalue weighted by Crippen LogP contribution is -2.48. The lowest BCUT2D eigenvalue weighted by molar-refractivity contribution is -0.120. The second-order valence-corrected chi connectivity index (χ2v) is 10.5. The lowest BCUT2D eigenvalue weighted by Gasteiger charge is -2.33. The molecule has 10 nitrogen and oxygen atoms in total. The van der Waals surface area contributed by atoms with Crippen LogP contribution in [0.5, 0.6) is 0 Å². The van der Waals surface area contributed by atoms with Crippen molar-refractivity contribution >= 4 is 34.8 Å². The van der Waals surface area contributed by atoms with Crippen LogP contribution in [0.25, 0.3) is 11.6 Å². The Morgan fingerprint density at radius 2 is 1.90 bits per heavy atom. The number of ether oxygens (including phenoxy) is 1. The molecule has 3 aromatic rings. The minimum absolute atomic E-state index is 0.123. The van der Waals surface area contributed by atoms with Gasteiger partial charge in [0.25, 0.3) is 5.91 Å². The molecule has 3 aromatic heterocycles. The number of rotatable bonds is 6. The predicted octanol–water partition coefficient (Wildman–Crippen LogP) is 3.45. The van der Waals surface area contributed by atoms with Crippen LogP contribution in [0, 0.1) is 5.95 Å². The SMILES string of the molecule is CC1CC(c2cnn(C)c2)=Cc2cc(C(=O)Nc3cc(NC(=O)CN4C5CCC4COC5)cnc3F)cnc21. The van der Waals surface area contributed by atoms with Gasteiger partial charge in [0.15, 0.2) is 0 Å². The van der Waals surface area contributed by atoms with Crippen molar-refractivity contribution < 1.29 is 18.7 Å². The van der Waals surface area contributed by atoms with Gasteiger partial charge in [0.2, 0.25) is 11.9 Å². The average molecular weight is 532 g/mol. The molecule has 1 aliphatic carbocycles. The zero-order valence-electron chi connectivity index (χ0n) is 21.9. The maximum absolute atomic E-state index is 14.5. The molecule has 202 valence electrons. The third kappa shape index (κ3) is 5.19. The molecule has 11 heteroatoms. The van der Waals surface area contributed by atoms with Crippen LogP contribution in [0.2, 0.25) is 0 Å². The Morgan fingerprint density at radius 3 is 2.64 bits per heavy atom. The molecular weight excluding hydrogens is 501 g/mol. The summed E-state index contributed by atoms with van der Waals surface area (Å²) >= 11 is 0. The minimum Gasteiger partial charge on any atom is -0.378 e. The number of hydrogen-bond acceptors (Lipinski definition) is 7. The molecule has 3 aliphatic rings. The smallest absolute Gasteiger partial charge is 0.257 e. The summed E-state index contributed by atoms with van der Waals surface area (Å²) in [5, 5.41) is 9.62. The standard InChI is InChI=1S/C28H30FN7O3/c1-16-5-17(20-10-32-35(2)12-20)6-18-7-19(9-30-26(16)18)28(38)34-24-8-21(11-31-27(24)29)33-25(37)13-36-22-3-4-23(36)15-39-14-22/h6-12,16,22-23H,3-5,13-15H2,1-2H3,(H,33,37)(H,34,38). The number of aromatic nitrogens is 4. The number of amides is 2. The maximum Gasteiger partial charge on any atom is 0.257 e. The summed E-state index contributed by atoms with van der Waals surface area (Å²) in [5.41, 5.74) is 4.37. The van der Waals surface area contributed by atoms with Crippen molar-refractivity contribution in [1.29, 1.82) is 0 Å². The van der Waals surface area contributed by atoms with E-state index in [9.17, 15) is 14.0 Å². The Labute approximate surface area is 225 Å². The summed E-state index contributed by atoms with van der Waals surface area (Å²) in [4.78, 5) is 36.2. The first-order valence-corrected chi connectivity index (χ1v) is 13.1. The Hall–Kier alpha value is -3.96. The van der Waals surface area contributed by atoms with Gasteiger partial charge < -0.3 is 15.4 Å². The summed E-state index contributed by atoms with van der Waals surface area (Å²) in [6, 6.07) is 3.64. The summed E-state index contributed by atoms with van der Waals surface area (Å²) in [7, 11) is 1.87. The van der Waals surface area contributed by atoms with Gasteiger partial charge in [-0.3, -0.25) is 24.2 Å². The van der Waals surface area contributed by atoms with Crippen molar-refractivity contribution in [3.05, 3.63) is 65.3 Å². The van der Waals surface area contributed by atoms with E-state index in [1.165, 1.54) is 18.5 Å². The molecule has 2 saturated heterocycles. The van der Waals surface area contributed by atoms with Crippen LogP contribution in [0.15, 0.2) is 36.9 Å². The topological polar surface area (TPSA) is 114 Å². The first kappa shape index (κ1) is 25.3. The number of pyridine rings is 2. The Bertz CT molecular complexity index is 1450. The van der Waals surface area contributed by atoms with Gasteiger partial charge in [-0.1, -0.05) is 6.92 Å².